The van der Waals surface area contributed by atoms with Gasteiger partial charge in [0.25, 0.3) is 0 Å². The summed E-state index contributed by atoms with van der Waals surface area (Å²) in [6, 6.07) is 4.53. The van der Waals surface area contributed by atoms with Gasteiger partial charge in [0, 0.05) is 24.3 Å². The molecule has 3 atom stereocenters. The predicted molar refractivity (Wildman–Crippen MR) is 82.3 cm³/mol. The van der Waals surface area contributed by atoms with Gasteiger partial charge in [0.15, 0.2) is 0 Å². The molecule has 1 fully saturated rings. The van der Waals surface area contributed by atoms with Crippen LogP contribution in [0.15, 0.2) is 16.6 Å². The van der Waals surface area contributed by atoms with E-state index < -0.39 is 0 Å². The first-order chi connectivity index (χ1) is 8.95. The highest BCUT2D eigenvalue weighted by Gasteiger charge is 2.32. The summed E-state index contributed by atoms with van der Waals surface area (Å²) < 4.78 is 14.1. The molecule has 3 unspecified atom stereocenters. The molecule has 0 radical (unpaired) electrons. The lowest BCUT2D eigenvalue weighted by Crippen LogP contribution is -2.53. The van der Waals surface area contributed by atoms with Crippen molar-refractivity contribution in [1.29, 1.82) is 0 Å². The summed E-state index contributed by atoms with van der Waals surface area (Å²) in [6.07, 6.45) is 1.12. The molecular weight excluding hydrogens is 307 g/mol. The fourth-order valence-corrected chi connectivity index (χ4v) is 3.39. The van der Waals surface area contributed by atoms with Crippen molar-refractivity contribution in [2.45, 2.75) is 39.3 Å². The van der Waals surface area contributed by atoms with Gasteiger partial charge in [0.05, 0.1) is 4.47 Å². The van der Waals surface area contributed by atoms with Crippen molar-refractivity contribution in [1.82, 2.24) is 5.32 Å². The van der Waals surface area contributed by atoms with Crippen molar-refractivity contribution in [3.63, 3.8) is 0 Å². The minimum absolute atomic E-state index is 0.188. The molecule has 0 saturated carbocycles. The van der Waals surface area contributed by atoms with E-state index in [4.69, 9.17) is 0 Å². The van der Waals surface area contributed by atoms with E-state index in [9.17, 15) is 4.39 Å². The number of benzene rings is 1. The SMILES string of the molecule is CNC1CCN(c2cc(Br)c(F)cc2C)C(C)C1C. The van der Waals surface area contributed by atoms with E-state index in [1.807, 2.05) is 20.0 Å². The van der Waals surface area contributed by atoms with Crippen LogP contribution in [0.3, 0.4) is 0 Å². The average Bonchev–Trinajstić information content (AvgIpc) is 2.37. The van der Waals surface area contributed by atoms with Gasteiger partial charge < -0.3 is 10.2 Å². The van der Waals surface area contributed by atoms with Gasteiger partial charge in [-0.3, -0.25) is 0 Å². The third-order valence-corrected chi connectivity index (χ3v) is 5.09. The van der Waals surface area contributed by atoms with Crippen LogP contribution in [0.5, 0.6) is 0 Å². The van der Waals surface area contributed by atoms with E-state index in [0.29, 0.717) is 22.5 Å². The minimum atomic E-state index is -0.188. The lowest BCUT2D eigenvalue weighted by Gasteiger charge is -2.44. The lowest BCUT2D eigenvalue weighted by molar-refractivity contribution is 0.282. The molecule has 1 aliphatic rings. The zero-order chi connectivity index (χ0) is 14.2. The number of aryl methyl sites for hydroxylation is 1. The van der Waals surface area contributed by atoms with E-state index in [2.05, 4.69) is 40.0 Å². The molecule has 0 spiro atoms. The van der Waals surface area contributed by atoms with Gasteiger partial charge in [0.1, 0.15) is 5.82 Å². The van der Waals surface area contributed by atoms with Crippen molar-refractivity contribution in [3.05, 3.63) is 28.0 Å². The third-order valence-electron chi connectivity index (χ3n) is 4.49. The van der Waals surface area contributed by atoms with Crippen LogP contribution < -0.4 is 10.2 Å². The largest absolute Gasteiger partial charge is 0.368 e. The molecule has 0 aromatic heterocycles. The zero-order valence-electron chi connectivity index (χ0n) is 12.0. The maximum Gasteiger partial charge on any atom is 0.137 e. The number of nitrogens with zero attached hydrogens (tertiary/aromatic N) is 1. The molecule has 0 amide bonds. The Morgan fingerprint density at radius 1 is 1.37 bits per heavy atom. The minimum Gasteiger partial charge on any atom is -0.368 e. The van der Waals surface area contributed by atoms with Crippen LogP contribution in [0.25, 0.3) is 0 Å². The van der Waals surface area contributed by atoms with Crippen molar-refractivity contribution >= 4 is 21.6 Å². The summed E-state index contributed by atoms with van der Waals surface area (Å²) in [5, 5.41) is 3.40. The highest BCUT2D eigenvalue weighted by Crippen LogP contribution is 2.33. The van der Waals surface area contributed by atoms with Crippen molar-refractivity contribution < 1.29 is 4.39 Å². The van der Waals surface area contributed by atoms with Crippen LogP contribution in [0.4, 0.5) is 10.1 Å². The third kappa shape index (κ3) is 2.79. The first-order valence-corrected chi connectivity index (χ1v) is 7.64. The Labute approximate surface area is 123 Å². The van der Waals surface area contributed by atoms with Gasteiger partial charge in [0.2, 0.25) is 0 Å². The van der Waals surface area contributed by atoms with Crippen LogP contribution in [0.1, 0.15) is 25.8 Å². The normalized spacial score (nSPS) is 27.7. The molecule has 4 heteroatoms. The van der Waals surface area contributed by atoms with E-state index in [1.165, 1.54) is 0 Å². The summed E-state index contributed by atoms with van der Waals surface area (Å²) in [5.41, 5.74) is 2.14. The van der Waals surface area contributed by atoms with Gasteiger partial charge >= 0.3 is 0 Å². The van der Waals surface area contributed by atoms with Gasteiger partial charge in [-0.1, -0.05) is 6.92 Å². The van der Waals surface area contributed by atoms with Crippen molar-refractivity contribution in [3.8, 4) is 0 Å². The lowest BCUT2D eigenvalue weighted by atomic mass is 9.86. The van der Waals surface area contributed by atoms with Crippen molar-refractivity contribution in [2.75, 3.05) is 18.5 Å². The quantitative estimate of drug-likeness (QED) is 0.890. The Kier molecular flexibility index (Phi) is 4.51. The second-order valence-corrected chi connectivity index (χ2v) is 6.38. The fourth-order valence-electron chi connectivity index (χ4n) is 3.06. The Bertz CT molecular complexity index is 464. The standard InChI is InChI=1S/C15H22BrFN2/c1-9-7-13(17)12(16)8-15(9)19-6-5-14(18-4)10(2)11(19)3/h7-8,10-11,14,18H,5-6H2,1-4H3. The summed E-state index contributed by atoms with van der Waals surface area (Å²) in [7, 11) is 2.03. The van der Waals surface area contributed by atoms with Crippen LogP contribution in [-0.2, 0) is 0 Å². The van der Waals surface area contributed by atoms with E-state index >= 15 is 0 Å². The first kappa shape index (κ1) is 14.8. The maximum absolute atomic E-state index is 13.5. The number of rotatable bonds is 2. The second kappa shape index (κ2) is 5.80. The Balaban J connectivity index is 2.30. The molecule has 19 heavy (non-hydrogen) atoms. The molecule has 1 aliphatic heterocycles. The zero-order valence-corrected chi connectivity index (χ0v) is 13.6. The van der Waals surface area contributed by atoms with E-state index in [-0.39, 0.29) is 5.82 Å². The van der Waals surface area contributed by atoms with Crippen LogP contribution in [0.2, 0.25) is 0 Å². The number of hydrogen-bond donors (Lipinski definition) is 1. The topological polar surface area (TPSA) is 15.3 Å². The number of piperidine rings is 1. The van der Waals surface area contributed by atoms with Gasteiger partial charge in [-0.05, 0) is 66.9 Å². The Hall–Kier alpha value is -0.610. The number of anilines is 1. The van der Waals surface area contributed by atoms with E-state index in [1.54, 1.807) is 6.07 Å². The first-order valence-electron chi connectivity index (χ1n) is 6.85. The molecule has 1 aromatic rings. The molecule has 0 bridgehead atoms. The number of hydrogen-bond acceptors (Lipinski definition) is 2. The van der Waals surface area contributed by atoms with Gasteiger partial charge in [-0.25, -0.2) is 4.39 Å². The Morgan fingerprint density at radius 2 is 2.05 bits per heavy atom. The smallest absolute Gasteiger partial charge is 0.137 e. The summed E-state index contributed by atoms with van der Waals surface area (Å²) in [4.78, 5) is 2.40. The predicted octanol–water partition coefficient (Wildman–Crippen LogP) is 3.72. The molecule has 2 nitrogen and oxygen atoms in total. The van der Waals surface area contributed by atoms with Crippen LogP contribution >= 0.6 is 15.9 Å². The number of halogens is 2. The molecular formula is C15H22BrFN2. The summed E-state index contributed by atoms with van der Waals surface area (Å²) in [5.74, 6) is 0.383. The molecule has 0 aliphatic carbocycles. The molecule has 1 aromatic carbocycles. The van der Waals surface area contributed by atoms with Crippen molar-refractivity contribution in [2.24, 2.45) is 5.92 Å². The maximum atomic E-state index is 13.5. The molecule has 1 saturated heterocycles. The highest BCUT2D eigenvalue weighted by molar-refractivity contribution is 9.10. The number of nitrogens with one attached hydrogen (secondary N) is 1. The van der Waals surface area contributed by atoms with Gasteiger partial charge in [-0.2, -0.15) is 0 Å². The average molecular weight is 329 g/mol. The van der Waals surface area contributed by atoms with Crippen LogP contribution in [-0.4, -0.2) is 25.7 Å². The van der Waals surface area contributed by atoms with Crippen LogP contribution in [0, 0.1) is 18.7 Å². The van der Waals surface area contributed by atoms with E-state index in [0.717, 1.165) is 24.2 Å². The molecule has 1 heterocycles. The molecule has 106 valence electrons. The summed E-state index contributed by atoms with van der Waals surface area (Å²) in [6.45, 7) is 7.53. The molecule has 2 rings (SSSR count). The molecule has 1 N–H and O–H groups in total. The second-order valence-electron chi connectivity index (χ2n) is 5.53. The van der Waals surface area contributed by atoms with Gasteiger partial charge in [-0.15, -0.1) is 0 Å². The fraction of sp³-hybridized carbons (Fsp3) is 0.600. The monoisotopic (exact) mass is 328 g/mol. The summed E-state index contributed by atoms with van der Waals surface area (Å²) >= 11 is 3.29. The Morgan fingerprint density at radius 3 is 2.68 bits per heavy atom. The highest BCUT2D eigenvalue weighted by atomic mass is 79.9.